The van der Waals surface area contributed by atoms with Crippen LogP contribution in [0.5, 0.6) is 0 Å². The third kappa shape index (κ3) is 14.3. The molecule has 26 heteroatoms. The molecule has 10 rings (SSSR count). The summed E-state index contributed by atoms with van der Waals surface area (Å²) in [5.41, 5.74) is 17.0. The van der Waals surface area contributed by atoms with Gasteiger partial charge in [-0.1, -0.05) is 96.0 Å². The Bertz CT molecular complexity index is 4120. The third-order valence-corrected chi connectivity index (χ3v) is 14.1. The van der Waals surface area contributed by atoms with E-state index in [1.807, 2.05) is 130 Å². The fourth-order valence-corrected chi connectivity index (χ4v) is 9.54. The number of fused-ring (bicyclic) bond motifs is 2. The summed E-state index contributed by atoms with van der Waals surface area (Å²) in [5.74, 6) is 1.40. The molecule has 4 aromatic carbocycles. The van der Waals surface area contributed by atoms with Crippen LogP contribution >= 0.6 is 39.1 Å². The number of halogens is 3. The standard InChI is InChI=1S/C27H23ClN6O.C21H17BrClN5O.C6H8BNO4S.O2S/c1-16-11-12-19(14-30-16)21-15-31-27(29)33-25(21)32-17(2)23-13-18-7-6-10-22(28)24(18)26(35)34(23)20-8-4-3-5-9-20;1-12(26-19-15(22)11-25-21(24)27-19)17-10-13-6-5-9-16(23)18(13)20(29)28(17)14-7-3-2-4-8-14;1-13(11,12)6-3-2-5(4-8-6)7(9)10;1-3-2/h3-15,17H,1-2H3,(H3,29,31,32,33);2-12H,1H3,(H3,24,25,26,27);2-4,9-10H,1H3;/t17-;12-;;/m00../s1. The van der Waals surface area contributed by atoms with Crippen LogP contribution < -0.4 is 38.7 Å². The van der Waals surface area contributed by atoms with Crippen LogP contribution in [0.2, 0.25) is 10.0 Å². The number of aryl methyl sites for hydroxylation is 1. The molecule has 0 aliphatic rings. The molecule has 408 valence electrons. The molecule has 10 aromatic rings. The second-order valence-electron chi connectivity index (χ2n) is 17.5. The number of pyridine rings is 4. The second kappa shape index (κ2) is 26.6. The van der Waals surface area contributed by atoms with Crippen molar-refractivity contribution < 1.29 is 26.9 Å². The van der Waals surface area contributed by atoms with Gasteiger partial charge in [-0.2, -0.15) is 18.4 Å². The average Bonchev–Trinajstić information content (AvgIpc) is 3.57. The van der Waals surface area contributed by atoms with Gasteiger partial charge in [-0.15, -0.1) is 0 Å². The molecular weight excluding hydrogens is 1170 g/mol. The highest BCUT2D eigenvalue weighted by atomic mass is 79.9. The Morgan fingerprint density at radius 2 is 1.12 bits per heavy atom. The predicted octanol–water partition coefficient (Wildman–Crippen LogP) is 8.01. The second-order valence-corrected chi connectivity index (χ2v) is 21.2. The maximum atomic E-state index is 13.7. The molecule has 8 N–H and O–H groups in total. The molecule has 80 heavy (non-hydrogen) atoms. The highest BCUT2D eigenvalue weighted by Crippen LogP contribution is 2.32. The zero-order chi connectivity index (χ0) is 57.8. The van der Waals surface area contributed by atoms with Crippen LogP contribution in [-0.2, 0) is 21.4 Å². The van der Waals surface area contributed by atoms with Crippen LogP contribution in [0.1, 0.15) is 43.0 Å². The van der Waals surface area contributed by atoms with E-state index in [2.05, 4.69) is 56.5 Å². The lowest BCUT2D eigenvalue weighted by Gasteiger charge is -2.22. The van der Waals surface area contributed by atoms with Crippen LogP contribution in [0.25, 0.3) is 44.0 Å². The molecule has 0 saturated heterocycles. The van der Waals surface area contributed by atoms with Gasteiger partial charge >= 0.3 is 18.7 Å². The molecule has 0 spiro atoms. The number of nitrogens with one attached hydrogen (secondary N) is 2. The summed E-state index contributed by atoms with van der Waals surface area (Å²) in [7, 11) is -4.94. The minimum atomic E-state index is -3.32. The van der Waals surface area contributed by atoms with Gasteiger partial charge in [0.2, 0.25) is 11.9 Å². The Balaban J connectivity index is 0.000000184. The van der Waals surface area contributed by atoms with Crippen molar-refractivity contribution in [2.75, 3.05) is 28.4 Å². The molecule has 0 fully saturated rings. The smallest absolute Gasteiger partial charge is 0.423 e. The van der Waals surface area contributed by atoms with Crippen molar-refractivity contribution in [2.45, 2.75) is 37.9 Å². The van der Waals surface area contributed by atoms with Crippen LogP contribution in [0.3, 0.4) is 0 Å². The lowest BCUT2D eigenvalue weighted by molar-refractivity contribution is 0.425. The Labute approximate surface area is 480 Å². The molecule has 0 bridgehead atoms. The number of para-hydroxylation sites is 2. The molecule has 0 aliphatic heterocycles. The summed E-state index contributed by atoms with van der Waals surface area (Å²) in [5, 5.41) is 27.4. The molecule has 2 atom stereocenters. The number of hydrogen-bond acceptors (Lipinski definition) is 18. The van der Waals surface area contributed by atoms with E-state index in [1.165, 1.54) is 12.1 Å². The summed E-state index contributed by atoms with van der Waals surface area (Å²) in [6.45, 7) is 5.86. The van der Waals surface area contributed by atoms with Crippen molar-refractivity contribution in [3.05, 3.63) is 211 Å². The van der Waals surface area contributed by atoms with Crippen LogP contribution in [0, 0.1) is 6.92 Å². The van der Waals surface area contributed by atoms with Crippen molar-refractivity contribution in [3.8, 4) is 22.5 Å². The maximum Gasteiger partial charge on any atom is 0.490 e. The van der Waals surface area contributed by atoms with Gasteiger partial charge in [0.25, 0.3) is 11.1 Å². The number of aromatic nitrogens is 8. The Hall–Kier alpha value is -8.23. The van der Waals surface area contributed by atoms with Gasteiger partial charge in [-0.05, 0) is 108 Å². The van der Waals surface area contributed by atoms with E-state index in [9.17, 15) is 18.0 Å². The van der Waals surface area contributed by atoms with E-state index in [1.54, 1.807) is 39.9 Å². The minimum absolute atomic E-state index is 0.0862. The van der Waals surface area contributed by atoms with Gasteiger partial charge in [0.1, 0.15) is 11.6 Å². The van der Waals surface area contributed by atoms with E-state index in [0.29, 0.717) is 36.9 Å². The van der Waals surface area contributed by atoms with Gasteiger partial charge in [-0.25, -0.2) is 23.4 Å². The molecule has 0 amide bonds. The number of hydrogen-bond donors (Lipinski definition) is 6. The van der Waals surface area contributed by atoms with Crippen molar-refractivity contribution >= 4 is 118 Å². The van der Waals surface area contributed by atoms with E-state index in [0.717, 1.165) is 62.8 Å². The van der Waals surface area contributed by atoms with Crippen molar-refractivity contribution in [1.29, 1.82) is 0 Å². The Morgan fingerprint density at radius 1 is 0.637 bits per heavy atom. The van der Waals surface area contributed by atoms with Gasteiger partial charge < -0.3 is 32.1 Å². The van der Waals surface area contributed by atoms with E-state index < -0.39 is 28.5 Å². The van der Waals surface area contributed by atoms with Gasteiger partial charge in [0.15, 0.2) is 14.9 Å². The lowest BCUT2D eigenvalue weighted by Crippen LogP contribution is -2.30. The van der Waals surface area contributed by atoms with E-state index in [4.69, 9.17) is 53.1 Å². The Morgan fingerprint density at radius 3 is 1.57 bits per heavy atom. The first-order valence-corrected chi connectivity index (χ1v) is 27.9. The predicted molar refractivity (Wildman–Crippen MR) is 318 cm³/mol. The molecule has 0 unspecified atom stereocenters. The molecule has 6 heterocycles. The van der Waals surface area contributed by atoms with Crippen molar-refractivity contribution in [3.63, 3.8) is 0 Å². The fraction of sp³-hybridized carbons (Fsp3) is 0.111. The number of rotatable bonds is 11. The monoisotopic (exact) mass is 1220 g/mol. The summed E-state index contributed by atoms with van der Waals surface area (Å²) in [6.07, 6.45) is 7.18. The summed E-state index contributed by atoms with van der Waals surface area (Å²) in [6, 6.07) is 39.6. The first-order valence-electron chi connectivity index (χ1n) is 23.8. The highest BCUT2D eigenvalue weighted by Gasteiger charge is 2.22. The average molecular weight is 1220 g/mol. The Kier molecular flexibility index (Phi) is 19.8. The van der Waals surface area contributed by atoms with Crippen molar-refractivity contribution in [1.82, 2.24) is 39.0 Å². The maximum absolute atomic E-state index is 13.7. The van der Waals surface area contributed by atoms with Crippen LogP contribution in [0.4, 0.5) is 23.5 Å². The zero-order valence-electron chi connectivity index (χ0n) is 42.8. The van der Waals surface area contributed by atoms with Gasteiger partial charge in [0.05, 0.1) is 37.4 Å². The van der Waals surface area contributed by atoms with Crippen molar-refractivity contribution in [2.24, 2.45) is 0 Å². The quantitative estimate of drug-likeness (QED) is 0.0668. The van der Waals surface area contributed by atoms with E-state index >= 15 is 0 Å². The van der Waals surface area contributed by atoms with E-state index in [-0.39, 0.29) is 45.6 Å². The highest BCUT2D eigenvalue weighted by molar-refractivity contribution is 9.10. The fourth-order valence-electron chi connectivity index (χ4n) is 8.15. The summed E-state index contributed by atoms with van der Waals surface area (Å²) in [4.78, 5) is 51.9. The van der Waals surface area contributed by atoms with Gasteiger partial charge in [-0.3, -0.25) is 23.7 Å². The summed E-state index contributed by atoms with van der Waals surface area (Å²) >= 11 is 15.5. The lowest BCUT2D eigenvalue weighted by atomic mass is 9.82. The molecule has 20 nitrogen and oxygen atoms in total. The summed E-state index contributed by atoms with van der Waals surface area (Å²) < 4.78 is 42.5. The number of sulfone groups is 1. The molecule has 0 radical (unpaired) electrons. The molecule has 0 aliphatic carbocycles. The number of anilines is 4. The first kappa shape index (κ1) is 59.4. The number of benzene rings is 4. The third-order valence-electron chi connectivity index (χ3n) is 11.9. The SMILES string of the molecule is CS(=O)(=O)c1ccc(B(O)O)cn1.C[C@H](Nc1nc(N)ncc1Br)c1cc2cccc(Cl)c2c(=O)n1-c1ccccc1.Cc1ccc(-c2cnc(N)nc2N[C@@H](C)c2cc3cccc(Cl)c3c(=O)n2-c2ccccc2)cn1.O=S=O. The zero-order valence-corrected chi connectivity index (χ0v) is 47.5. The molecule has 0 saturated carbocycles. The number of nitrogens with two attached hydrogens (primary N) is 2. The van der Waals surface area contributed by atoms with Crippen LogP contribution in [-0.4, -0.2) is 79.3 Å². The first-order chi connectivity index (χ1) is 38.2. The topological polar surface area (TPSA) is 306 Å². The minimum Gasteiger partial charge on any atom is -0.423 e. The normalized spacial score (nSPS) is 11.6. The number of nitrogen functional groups attached to an aromatic ring is 2. The van der Waals surface area contributed by atoms with Crippen LogP contribution in [0.15, 0.2) is 177 Å². The molecular formula is C54H48BBrCl2N12O8S2. The molecule has 6 aromatic heterocycles. The van der Waals surface area contributed by atoms with Gasteiger partial charge in [0, 0.05) is 76.1 Å². The number of nitrogens with zero attached hydrogens (tertiary/aromatic N) is 8. The largest absolute Gasteiger partial charge is 0.490 e.